The van der Waals surface area contributed by atoms with Gasteiger partial charge in [0.15, 0.2) is 0 Å². The Hall–Kier alpha value is -2.89. The van der Waals surface area contributed by atoms with Crippen LogP contribution in [0.4, 0.5) is 11.4 Å². The largest absolute Gasteiger partial charge is 0.497 e. The molecule has 0 aliphatic rings. The van der Waals surface area contributed by atoms with Crippen molar-refractivity contribution in [1.29, 1.82) is 0 Å². The van der Waals surface area contributed by atoms with Crippen molar-refractivity contribution in [2.24, 2.45) is 10.2 Å². The maximum absolute atomic E-state index is 10.6. The second-order valence-electron chi connectivity index (χ2n) is 5.99. The van der Waals surface area contributed by atoms with Crippen LogP contribution in [-0.4, -0.2) is 26.3 Å². The predicted molar refractivity (Wildman–Crippen MR) is 104 cm³/mol. The third kappa shape index (κ3) is 8.35. The zero-order valence-corrected chi connectivity index (χ0v) is 15.9. The molecule has 0 N–H and O–H groups in total. The second-order valence-corrected chi connectivity index (χ2v) is 5.99. The molecule has 0 saturated heterocycles. The lowest BCUT2D eigenvalue weighted by atomic mass is 10.2. The number of benzene rings is 2. The van der Waals surface area contributed by atoms with Crippen molar-refractivity contribution in [2.75, 3.05) is 20.3 Å². The molecule has 0 spiro atoms. The molecule has 6 nitrogen and oxygen atoms in total. The highest BCUT2D eigenvalue weighted by atomic mass is 16.5. The van der Waals surface area contributed by atoms with Crippen molar-refractivity contribution in [3.8, 4) is 11.5 Å². The molecule has 0 heterocycles. The van der Waals surface area contributed by atoms with Crippen LogP contribution in [0.5, 0.6) is 11.5 Å². The lowest BCUT2D eigenvalue weighted by Gasteiger charge is -2.06. The number of methoxy groups -OCH3 is 1. The summed E-state index contributed by atoms with van der Waals surface area (Å²) in [7, 11) is 1.63. The lowest BCUT2D eigenvalue weighted by Crippen LogP contribution is -2.01. The predicted octanol–water partition coefficient (Wildman–Crippen LogP) is 5.61. The third-order valence-corrected chi connectivity index (χ3v) is 3.80. The van der Waals surface area contributed by atoms with E-state index in [0.717, 1.165) is 48.6 Å². The summed E-state index contributed by atoms with van der Waals surface area (Å²) < 4.78 is 15.7. The highest BCUT2D eigenvalue weighted by Gasteiger charge is 1.97. The molecule has 0 aromatic heterocycles. The van der Waals surface area contributed by atoms with Crippen molar-refractivity contribution < 1.29 is 19.0 Å². The molecule has 2 aromatic carbocycles. The molecule has 0 bridgehead atoms. The summed E-state index contributed by atoms with van der Waals surface area (Å²) in [5.74, 6) is 1.39. The summed E-state index contributed by atoms with van der Waals surface area (Å²) in [6.07, 6.45) is 3.95. The first kappa shape index (κ1) is 20.4. The molecule has 27 heavy (non-hydrogen) atoms. The fourth-order valence-electron chi connectivity index (χ4n) is 2.34. The van der Waals surface area contributed by atoms with Crippen LogP contribution in [-0.2, 0) is 9.53 Å². The Bertz CT molecular complexity index is 712. The summed E-state index contributed by atoms with van der Waals surface area (Å²) >= 11 is 0. The Morgan fingerprint density at radius 2 is 1.30 bits per heavy atom. The quantitative estimate of drug-likeness (QED) is 0.293. The van der Waals surface area contributed by atoms with E-state index in [9.17, 15) is 4.79 Å². The number of carbonyl (C=O) groups is 1. The van der Waals surface area contributed by atoms with E-state index in [2.05, 4.69) is 10.2 Å². The molecule has 0 saturated carbocycles. The van der Waals surface area contributed by atoms with Crippen LogP contribution in [0, 0.1) is 0 Å². The van der Waals surface area contributed by atoms with Gasteiger partial charge >= 0.3 is 5.97 Å². The van der Waals surface area contributed by atoms with Crippen molar-refractivity contribution in [3.63, 3.8) is 0 Å². The Morgan fingerprint density at radius 1 is 0.778 bits per heavy atom. The highest BCUT2D eigenvalue weighted by molar-refractivity contribution is 5.65. The van der Waals surface area contributed by atoms with E-state index in [1.54, 1.807) is 7.11 Å². The fourth-order valence-corrected chi connectivity index (χ4v) is 2.34. The van der Waals surface area contributed by atoms with E-state index in [1.807, 2.05) is 48.5 Å². The van der Waals surface area contributed by atoms with Crippen LogP contribution in [0.15, 0.2) is 58.8 Å². The molecule has 6 heteroatoms. The third-order valence-electron chi connectivity index (χ3n) is 3.80. The van der Waals surface area contributed by atoms with Gasteiger partial charge in [-0.2, -0.15) is 10.2 Å². The van der Waals surface area contributed by atoms with E-state index in [0.29, 0.717) is 13.2 Å². The smallest absolute Gasteiger partial charge is 0.302 e. The maximum Gasteiger partial charge on any atom is 0.302 e. The molecule has 0 aliphatic heterocycles. The monoisotopic (exact) mass is 370 g/mol. The molecule has 0 unspecified atom stereocenters. The van der Waals surface area contributed by atoms with Crippen LogP contribution in [0.3, 0.4) is 0 Å². The molecule has 2 rings (SSSR count). The zero-order valence-electron chi connectivity index (χ0n) is 15.9. The van der Waals surface area contributed by atoms with Gasteiger partial charge in [-0.05, 0) is 74.2 Å². The Balaban J connectivity index is 1.65. The molecule has 0 atom stereocenters. The number of carbonyl (C=O) groups excluding carboxylic acids is 1. The number of hydrogen-bond donors (Lipinski definition) is 0. The summed E-state index contributed by atoms with van der Waals surface area (Å²) in [5, 5.41) is 8.42. The standard InChI is InChI=1S/C21H26N2O4/c1-17(24)26-15-5-3-4-6-16-27-21-13-9-19(10-14-21)23-22-18-7-11-20(25-2)12-8-18/h7-14H,3-6,15-16H2,1-2H3. The number of rotatable bonds is 11. The lowest BCUT2D eigenvalue weighted by molar-refractivity contribution is -0.141. The van der Waals surface area contributed by atoms with Gasteiger partial charge in [-0.3, -0.25) is 4.79 Å². The topological polar surface area (TPSA) is 69.5 Å². The number of unbranched alkanes of at least 4 members (excludes halogenated alkanes) is 3. The first-order chi connectivity index (χ1) is 13.2. The fraction of sp³-hybridized carbons (Fsp3) is 0.381. The first-order valence-electron chi connectivity index (χ1n) is 9.09. The molecule has 0 amide bonds. The summed E-state index contributed by atoms with van der Waals surface area (Å²) in [6.45, 7) is 2.60. The average molecular weight is 370 g/mol. The minimum Gasteiger partial charge on any atom is -0.497 e. The molecule has 0 aliphatic carbocycles. The van der Waals surface area contributed by atoms with Gasteiger partial charge in [0.25, 0.3) is 0 Å². The van der Waals surface area contributed by atoms with Crippen molar-refractivity contribution in [1.82, 2.24) is 0 Å². The van der Waals surface area contributed by atoms with E-state index >= 15 is 0 Å². The van der Waals surface area contributed by atoms with Crippen molar-refractivity contribution in [3.05, 3.63) is 48.5 Å². The van der Waals surface area contributed by atoms with Gasteiger partial charge in [-0.15, -0.1) is 0 Å². The van der Waals surface area contributed by atoms with Crippen LogP contribution in [0.2, 0.25) is 0 Å². The molecular formula is C21H26N2O4. The normalized spacial score (nSPS) is 10.7. The number of hydrogen-bond acceptors (Lipinski definition) is 6. The Morgan fingerprint density at radius 3 is 1.81 bits per heavy atom. The van der Waals surface area contributed by atoms with Crippen LogP contribution in [0.25, 0.3) is 0 Å². The van der Waals surface area contributed by atoms with Gasteiger partial charge in [0.2, 0.25) is 0 Å². The van der Waals surface area contributed by atoms with Gasteiger partial charge < -0.3 is 14.2 Å². The highest BCUT2D eigenvalue weighted by Crippen LogP contribution is 2.23. The molecule has 0 fully saturated rings. The van der Waals surface area contributed by atoms with E-state index in [4.69, 9.17) is 14.2 Å². The van der Waals surface area contributed by atoms with Crippen LogP contribution >= 0.6 is 0 Å². The van der Waals surface area contributed by atoms with Crippen LogP contribution in [0.1, 0.15) is 32.6 Å². The minimum atomic E-state index is -0.217. The van der Waals surface area contributed by atoms with E-state index in [-0.39, 0.29) is 5.97 Å². The zero-order chi connectivity index (χ0) is 19.3. The van der Waals surface area contributed by atoms with Crippen molar-refractivity contribution in [2.45, 2.75) is 32.6 Å². The number of nitrogens with zero attached hydrogens (tertiary/aromatic N) is 2. The van der Waals surface area contributed by atoms with E-state index < -0.39 is 0 Å². The van der Waals surface area contributed by atoms with Crippen molar-refractivity contribution >= 4 is 17.3 Å². The number of ether oxygens (including phenoxy) is 3. The Kier molecular flexibility index (Phi) is 8.83. The van der Waals surface area contributed by atoms with Gasteiger partial charge in [-0.25, -0.2) is 0 Å². The minimum absolute atomic E-state index is 0.217. The summed E-state index contributed by atoms with van der Waals surface area (Å²) in [5.41, 5.74) is 1.54. The van der Waals surface area contributed by atoms with Gasteiger partial charge in [0, 0.05) is 6.92 Å². The first-order valence-corrected chi connectivity index (χ1v) is 9.09. The van der Waals surface area contributed by atoms with Gasteiger partial charge in [0.05, 0.1) is 31.7 Å². The molecule has 144 valence electrons. The maximum atomic E-state index is 10.6. The Labute approximate surface area is 160 Å². The summed E-state index contributed by atoms with van der Waals surface area (Å²) in [4.78, 5) is 10.6. The van der Waals surface area contributed by atoms with Gasteiger partial charge in [0.1, 0.15) is 11.5 Å². The SMILES string of the molecule is COc1ccc(N=Nc2ccc(OCCCCCCOC(C)=O)cc2)cc1. The van der Waals surface area contributed by atoms with Crippen LogP contribution < -0.4 is 9.47 Å². The van der Waals surface area contributed by atoms with E-state index in [1.165, 1.54) is 6.92 Å². The molecular weight excluding hydrogens is 344 g/mol. The number of azo groups is 1. The second kappa shape index (κ2) is 11.7. The summed E-state index contributed by atoms with van der Waals surface area (Å²) in [6, 6.07) is 14.9. The number of esters is 1. The van der Waals surface area contributed by atoms with Gasteiger partial charge in [-0.1, -0.05) is 0 Å². The molecule has 2 aromatic rings. The average Bonchev–Trinajstić information content (AvgIpc) is 2.69. The molecule has 0 radical (unpaired) electrons.